The number of rotatable bonds is 3. The molecule has 0 N–H and O–H groups in total. The van der Waals surface area contributed by atoms with Crippen molar-refractivity contribution in [3.8, 4) is 11.3 Å². The summed E-state index contributed by atoms with van der Waals surface area (Å²) in [6.07, 6.45) is -4.16. The largest absolute Gasteiger partial charge is 0.348 e. The van der Waals surface area contributed by atoms with Crippen LogP contribution < -0.4 is 0 Å². The Labute approximate surface area is 156 Å². The molecule has 3 rings (SSSR count). The maximum atomic E-state index is 13.1. The van der Waals surface area contributed by atoms with E-state index in [1.165, 1.54) is 24.3 Å². The molecule has 0 radical (unpaired) electrons. The predicted octanol–water partition coefficient (Wildman–Crippen LogP) is 3.25. The van der Waals surface area contributed by atoms with Gasteiger partial charge in [-0.3, -0.25) is 4.79 Å². The quantitative estimate of drug-likeness (QED) is 0.742. The molecule has 118 valence electrons. The van der Waals surface area contributed by atoms with Gasteiger partial charge in [-0.15, -0.1) is 0 Å². The van der Waals surface area contributed by atoms with Gasteiger partial charge in [0.25, 0.3) is 0 Å². The number of imidazole rings is 1. The molecule has 1 aromatic carbocycles. The van der Waals surface area contributed by atoms with Crippen LogP contribution in [0.3, 0.4) is 0 Å². The number of nitrogens with zero attached hydrogens (tertiary/aromatic N) is 3. The lowest BCUT2D eigenvalue weighted by Gasteiger charge is -2.11. The number of benzene rings is 1. The first-order valence-corrected chi connectivity index (χ1v) is 6.54. The molecule has 1 amide bonds. The van der Waals surface area contributed by atoms with E-state index in [9.17, 15) is 4.79 Å². The van der Waals surface area contributed by atoms with Crippen LogP contribution in [0.25, 0.3) is 16.9 Å². The minimum Gasteiger partial charge on any atom is -0.348 e. The molecule has 0 saturated carbocycles. The zero-order chi connectivity index (χ0) is 28.5. The number of fused-ring (bicyclic) bond motifs is 1. The van der Waals surface area contributed by atoms with E-state index in [-0.39, 0.29) is 21.7 Å². The topological polar surface area (TPSA) is 37.6 Å². The van der Waals surface area contributed by atoms with Crippen LogP contribution in [-0.4, -0.2) is 34.2 Å². The van der Waals surface area contributed by atoms with Gasteiger partial charge in [0.15, 0.2) is 0 Å². The van der Waals surface area contributed by atoms with Gasteiger partial charge in [0, 0.05) is 40.8 Å². The molecular formula is C19H21N3O. The third-order valence-corrected chi connectivity index (χ3v) is 3.09. The second-order valence-electron chi connectivity index (χ2n) is 4.77. The van der Waals surface area contributed by atoms with Crippen molar-refractivity contribution < 1.29 is 24.0 Å². The number of amides is 1. The molecule has 4 heteroatoms. The van der Waals surface area contributed by atoms with Gasteiger partial charge in [-0.05, 0) is 25.3 Å². The van der Waals surface area contributed by atoms with Crippen molar-refractivity contribution in [3.63, 3.8) is 0 Å². The summed E-state index contributed by atoms with van der Waals surface area (Å²) in [6.45, 7) is -8.58. The van der Waals surface area contributed by atoms with Crippen molar-refractivity contribution >= 4 is 11.6 Å². The maximum Gasteiger partial charge on any atom is 0.228 e. The molecule has 0 spiro atoms. The summed E-state index contributed by atoms with van der Waals surface area (Å²) in [6, 6.07) is 3.30. The number of aromatic nitrogens is 2. The van der Waals surface area contributed by atoms with Gasteiger partial charge in [-0.1, -0.05) is 35.9 Å². The number of aryl methyl sites for hydroxylation is 1. The number of carbonyl (C=O) groups excluding carboxylic acids is 1. The minimum atomic E-state index is -3.22. The summed E-state index contributed by atoms with van der Waals surface area (Å²) in [5.41, 5.74) is -2.53. The zero-order valence-electron chi connectivity index (χ0n) is 26.1. The van der Waals surface area contributed by atoms with Gasteiger partial charge in [-0.25, -0.2) is 4.98 Å². The number of pyridine rings is 1. The average molecular weight is 321 g/mol. The molecule has 2 aromatic heterocycles. The van der Waals surface area contributed by atoms with Crippen molar-refractivity contribution in [2.45, 2.75) is 20.1 Å². The molecule has 0 unspecified atom stereocenters. The van der Waals surface area contributed by atoms with Crippen LogP contribution in [-0.2, 0) is 11.2 Å². The van der Waals surface area contributed by atoms with E-state index in [0.29, 0.717) is 4.40 Å². The average Bonchev–Trinajstić information content (AvgIpc) is 3.16. The molecular weight excluding hydrogens is 286 g/mol. The van der Waals surface area contributed by atoms with Gasteiger partial charge in [0.2, 0.25) is 5.91 Å². The SMILES string of the molecule is [2H]c1c(C([2H])([2H])[2H])c([2H])n2c(C([2H])([2H])C(=O)N(C)C([2H])([2H])[2H])c(-c3ccc(C([2H])([2H])[2H])cc3)nc2c1[2H]. The van der Waals surface area contributed by atoms with Gasteiger partial charge in [0.1, 0.15) is 5.65 Å². The van der Waals surface area contributed by atoms with Crippen LogP contribution in [0.2, 0.25) is 0 Å². The number of hydrogen-bond acceptors (Lipinski definition) is 2. The van der Waals surface area contributed by atoms with E-state index in [0.717, 1.165) is 7.05 Å². The zero-order valence-corrected chi connectivity index (χ0v) is 12.1. The summed E-state index contributed by atoms with van der Waals surface area (Å²) in [4.78, 5) is 17.4. The summed E-state index contributed by atoms with van der Waals surface area (Å²) < 4.78 is 111. The minimum absolute atomic E-state index is 0.0423. The highest BCUT2D eigenvalue weighted by molar-refractivity contribution is 5.81. The van der Waals surface area contributed by atoms with Gasteiger partial charge < -0.3 is 9.30 Å². The summed E-state index contributed by atoms with van der Waals surface area (Å²) in [7, 11) is 0.842. The van der Waals surface area contributed by atoms with E-state index in [4.69, 9.17) is 19.2 Å². The molecule has 23 heavy (non-hydrogen) atoms. The molecule has 0 atom stereocenters. The number of carbonyl (C=O) groups is 1. The normalized spacial score (nSPS) is 22.1. The molecule has 0 aliphatic carbocycles. The lowest BCUT2D eigenvalue weighted by Crippen LogP contribution is -2.24. The van der Waals surface area contributed by atoms with Crippen molar-refractivity contribution in [3.05, 3.63) is 59.3 Å². The molecule has 0 aliphatic rings. The Morgan fingerprint density at radius 1 is 1.30 bits per heavy atom. The van der Waals surface area contributed by atoms with Gasteiger partial charge in [0.05, 0.1) is 21.9 Å². The third-order valence-electron chi connectivity index (χ3n) is 3.09. The van der Waals surface area contributed by atoms with E-state index in [1.807, 2.05) is 0 Å². The first-order valence-electron chi connectivity index (χ1n) is 13.5. The summed E-state index contributed by atoms with van der Waals surface area (Å²) in [5.74, 6) is -1.56. The summed E-state index contributed by atoms with van der Waals surface area (Å²) >= 11 is 0. The predicted molar refractivity (Wildman–Crippen MR) is 92.5 cm³/mol. The fourth-order valence-electron chi connectivity index (χ4n) is 2.00. The van der Waals surface area contributed by atoms with E-state index in [2.05, 4.69) is 4.98 Å². The molecule has 2 heterocycles. The van der Waals surface area contributed by atoms with Crippen LogP contribution in [0.5, 0.6) is 0 Å². The molecule has 4 nitrogen and oxygen atoms in total. The van der Waals surface area contributed by atoms with Gasteiger partial charge >= 0.3 is 0 Å². The van der Waals surface area contributed by atoms with Crippen LogP contribution >= 0.6 is 0 Å². The highest BCUT2D eigenvalue weighted by Gasteiger charge is 2.18. The standard InChI is InChI=1S/C19H21N3O/c1-13-5-8-15(9-6-13)19-16(11-18(23)21(3)4)22-12-14(2)7-10-17(22)20-19/h5-10,12H,11H2,1-4H3/i1D3,2D3,3D3,7D,10D,11D2,12D. The Balaban J connectivity index is 2.49. The lowest BCUT2D eigenvalue weighted by atomic mass is 10.1. The smallest absolute Gasteiger partial charge is 0.228 e. The monoisotopic (exact) mass is 321 g/mol. The number of hydrogen-bond donors (Lipinski definition) is 0. The van der Waals surface area contributed by atoms with Crippen molar-refractivity contribution in [2.75, 3.05) is 14.0 Å². The fourth-order valence-corrected chi connectivity index (χ4v) is 2.00. The van der Waals surface area contributed by atoms with E-state index < -0.39 is 68.1 Å². The van der Waals surface area contributed by atoms with Crippen LogP contribution in [0, 0.1) is 13.7 Å². The van der Waals surface area contributed by atoms with E-state index >= 15 is 0 Å². The second-order valence-corrected chi connectivity index (χ2v) is 4.77. The Bertz CT molecular complexity index is 1370. The second kappa shape index (κ2) is 5.88. The Kier molecular flexibility index (Phi) is 1.48. The van der Waals surface area contributed by atoms with Crippen LogP contribution in [0.1, 0.15) is 36.0 Å². The lowest BCUT2D eigenvalue weighted by molar-refractivity contribution is -0.128. The fraction of sp³-hybridized carbons (Fsp3) is 0.263. The Hall–Kier alpha value is -2.62. The van der Waals surface area contributed by atoms with Gasteiger partial charge in [-0.2, -0.15) is 0 Å². The summed E-state index contributed by atoms with van der Waals surface area (Å²) in [5, 5.41) is 0. The van der Waals surface area contributed by atoms with Crippen LogP contribution in [0.4, 0.5) is 0 Å². The Morgan fingerprint density at radius 3 is 2.78 bits per heavy atom. The maximum absolute atomic E-state index is 13.1. The van der Waals surface area contributed by atoms with Crippen molar-refractivity contribution in [2.24, 2.45) is 0 Å². The molecule has 0 fully saturated rings. The van der Waals surface area contributed by atoms with Crippen molar-refractivity contribution in [1.82, 2.24) is 14.3 Å². The van der Waals surface area contributed by atoms with Crippen molar-refractivity contribution in [1.29, 1.82) is 0 Å². The number of likely N-dealkylation sites (N-methyl/N-ethyl adjacent to an activating group) is 1. The van der Waals surface area contributed by atoms with Crippen LogP contribution in [0.15, 0.2) is 42.5 Å². The molecule has 0 aliphatic heterocycles. The highest BCUT2D eigenvalue weighted by atomic mass is 16.2. The first kappa shape index (κ1) is 5.78. The highest BCUT2D eigenvalue weighted by Crippen LogP contribution is 2.26. The Morgan fingerprint density at radius 2 is 2.09 bits per heavy atom. The molecule has 0 saturated heterocycles. The van der Waals surface area contributed by atoms with E-state index in [1.54, 1.807) is 0 Å². The third kappa shape index (κ3) is 2.97. The molecule has 3 aromatic rings. The molecule has 0 bridgehead atoms. The first-order chi connectivity index (χ1) is 16.6.